The molecule has 0 unspecified atom stereocenters. The molecule has 0 bridgehead atoms. The maximum Gasteiger partial charge on any atom is 0.335 e. The Morgan fingerprint density at radius 2 is 1.93 bits per heavy atom. The maximum atomic E-state index is 12.4. The van der Waals surface area contributed by atoms with Crippen LogP contribution in [-0.4, -0.2) is 36.0 Å². The molecule has 0 spiro atoms. The highest BCUT2D eigenvalue weighted by atomic mass is 16.5. The second-order valence-corrected chi connectivity index (χ2v) is 6.60. The average molecular weight is 382 g/mol. The number of carbonyl (C=O) groups excluding carboxylic acids is 2. The van der Waals surface area contributed by atoms with Crippen molar-refractivity contribution in [3.8, 4) is 5.75 Å². The Bertz CT molecular complexity index is 892. The highest BCUT2D eigenvalue weighted by Crippen LogP contribution is 2.33. The van der Waals surface area contributed by atoms with Crippen molar-refractivity contribution in [2.45, 2.75) is 26.2 Å². The Morgan fingerprint density at radius 3 is 2.61 bits per heavy atom. The first-order valence-electron chi connectivity index (χ1n) is 9.17. The number of amides is 2. The highest BCUT2D eigenvalue weighted by molar-refractivity contribution is 6.05. The summed E-state index contributed by atoms with van der Waals surface area (Å²) in [6.07, 6.45) is 3.23. The van der Waals surface area contributed by atoms with Gasteiger partial charge in [-0.15, -0.1) is 0 Å². The number of benzene rings is 2. The van der Waals surface area contributed by atoms with Crippen molar-refractivity contribution in [2.75, 3.05) is 23.4 Å². The van der Waals surface area contributed by atoms with Gasteiger partial charge >= 0.3 is 5.97 Å². The molecule has 3 rings (SSSR count). The molecule has 1 aliphatic rings. The summed E-state index contributed by atoms with van der Waals surface area (Å²) < 4.78 is 5.33. The van der Waals surface area contributed by atoms with Gasteiger partial charge in [0.05, 0.1) is 11.3 Å². The topological polar surface area (TPSA) is 95.9 Å². The second kappa shape index (κ2) is 8.56. The van der Waals surface area contributed by atoms with Gasteiger partial charge < -0.3 is 15.2 Å². The first-order valence-corrected chi connectivity index (χ1v) is 9.17. The monoisotopic (exact) mass is 382 g/mol. The molecule has 2 aromatic rings. The van der Waals surface area contributed by atoms with Crippen LogP contribution in [0.2, 0.25) is 0 Å². The number of unbranched alkanes of at least 4 members (excludes halogenated alkanes) is 1. The molecular formula is C21H22N2O5. The van der Waals surface area contributed by atoms with Gasteiger partial charge in [-0.05, 0) is 48.7 Å². The predicted molar refractivity (Wildman–Crippen MR) is 105 cm³/mol. The standard InChI is InChI=1S/C21H22N2O5/c1-2-3-4-14-5-8-16(9-6-14)22-19(24)12-23-17-11-15(21(26)27)7-10-18(17)28-13-20(23)25/h5-11H,2-4,12-13H2,1H3,(H,22,24)(H,26,27). The number of rotatable bonds is 7. The minimum Gasteiger partial charge on any atom is -0.482 e. The van der Waals surface area contributed by atoms with E-state index in [0.717, 1.165) is 19.3 Å². The fourth-order valence-electron chi connectivity index (χ4n) is 2.99. The van der Waals surface area contributed by atoms with E-state index in [0.29, 0.717) is 11.4 Å². The Kier molecular flexibility index (Phi) is 5.93. The lowest BCUT2D eigenvalue weighted by Crippen LogP contribution is -2.43. The van der Waals surface area contributed by atoms with Crippen molar-refractivity contribution in [1.82, 2.24) is 0 Å². The zero-order chi connectivity index (χ0) is 20.1. The first kappa shape index (κ1) is 19.4. The summed E-state index contributed by atoms with van der Waals surface area (Å²) in [5.41, 5.74) is 2.15. The van der Waals surface area contributed by atoms with E-state index in [2.05, 4.69) is 12.2 Å². The van der Waals surface area contributed by atoms with Crippen molar-refractivity contribution in [3.05, 3.63) is 53.6 Å². The number of aryl methyl sites for hydroxylation is 1. The third-order valence-electron chi connectivity index (χ3n) is 4.51. The molecule has 7 heteroatoms. The molecule has 0 radical (unpaired) electrons. The summed E-state index contributed by atoms with van der Waals surface area (Å²) in [5, 5.41) is 11.9. The lowest BCUT2D eigenvalue weighted by atomic mass is 10.1. The molecule has 0 aromatic heterocycles. The number of carboxylic acid groups (broad SMARTS) is 1. The lowest BCUT2D eigenvalue weighted by molar-refractivity contribution is -0.123. The van der Waals surface area contributed by atoms with Crippen LogP contribution in [-0.2, 0) is 16.0 Å². The Hall–Kier alpha value is -3.35. The van der Waals surface area contributed by atoms with E-state index in [1.54, 1.807) is 0 Å². The van der Waals surface area contributed by atoms with Crippen LogP contribution in [0, 0.1) is 0 Å². The van der Waals surface area contributed by atoms with E-state index in [-0.39, 0.29) is 30.3 Å². The van der Waals surface area contributed by atoms with E-state index in [1.807, 2.05) is 24.3 Å². The van der Waals surface area contributed by atoms with Crippen molar-refractivity contribution >= 4 is 29.2 Å². The smallest absolute Gasteiger partial charge is 0.335 e. The number of anilines is 2. The molecule has 0 fully saturated rings. The van der Waals surface area contributed by atoms with Crippen LogP contribution in [0.3, 0.4) is 0 Å². The summed E-state index contributed by atoms with van der Waals surface area (Å²) in [5.74, 6) is -1.52. The Balaban J connectivity index is 1.71. The Labute approximate surface area is 162 Å². The molecule has 28 heavy (non-hydrogen) atoms. The normalized spacial score (nSPS) is 12.9. The summed E-state index contributed by atoms with van der Waals surface area (Å²) in [6, 6.07) is 11.8. The van der Waals surface area contributed by atoms with Crippen LogP contribution in [0.4, 0.5) is 11.4 Å². The molecule has 0 atom stereocenters. The van der Waals surface area contributed by atoms with Gasteiger partial charge in [-0.25, -0.2) is 4.79 Å². The molecule has 146 valence electrons. The molecule has 0 aliphatic carbocycles. The van der Waals surface area contributed by atoms with Gasteiger partial charge in [0, 0.05) is 5.69 Å². The summed E-state index contributed by atoms with van der Waals surface area (Å²) in [4.78, 5) is 37.1. The number of nitrogens with one attached hydrogen (secondary N) is 1. The molecule has 7 nitrogen and oxygen atoms in total. The fourth-order valence-corrected chi connectivity index (χ4v) is 2.99. The molecule has 2 N–H and O–H groups in total. The summed E-state index contributed by atoms with van der Waals surface area (Å²) in [7, 11) is 0. The van der Waals surface area contributed by atoms with E-state index in [1.165, 1.54) is 28.7 Å². The van der Waals surface area contributed by atoms with Gasteiger partial charge in [0.2, 0.25) is 5.91 Å². The number of carbonyl (C=O) groups is 3. The third kappa shape index (κ3) is 4.49. The molecule has 2 aromatic carbocycles. The Morgan fingerprint density at radius 1 is 1.18 bits per heavy atom. The number of fused-ring (bicyclic) bond motifs is 1. The van der Waals surface area contributed by atoms with Gasteiger partial charge in [0.15, 0.2) is 6.61 Å². The number of hydrogen-bond acceptors (Lipinski definition) is 4. The number of ether oxygens (including phenoxy) is 1. The van der Waals surface area contributed by atoms with Crippen molar-refractivity contribution < 1.29 is 24.2 Å². The SMILES string of the molecule is CCCCc1ccc(NC(=O)CN2C(=O)COc3ccc(C(=O)O)cc32)cc1. The van der Waals surface area contributed by atoms with Crippen LogP contribution in [0.1, 0.15) is 35.7 Å². The molecular weight excluding hydrogens is 360 g/mol. The molecule has 0 saturated carbocycles. The summed E-state index contributed by atoms with van der Waals surface area (Å²) >= 11 is 0. The molecule has 1 heterocycles. The van der Waals surface area contributed by atoms with Crippen LogP contribution in [0.25, 0.3) is 0 Å². The minimum atomic E-state index is -1.12. The van der Waals surface area contributed by atoms with Crippen LogP contribution in [0.5, 0.6) is 5.75 Å². The van der Waals surface area contributed by atoms with Crippen molar-refractivity contribution in [2.24, 2.45) is 0 Å². The van der Waals surface area contributed by atoms with Gasteiger partial charge in [0.25, 0.3) is 5.91 Å². The van der Waals surface area contributed by atoms with Gasteiger partial charge in [-0.3, -0.25) is 14.5 Å². The van der Waals surface area contributed by atoms with Crippen molar-refractivity contribution in [3.63, 3.8) is 0 Å². The van der Waals surface area contributed by atoms with Crippen LogP contribution in [0.15, 0.2) is 42.5 Å². The number of hydrogen-bond donors (Lipinski definition) is 2. The molecule has 1 aliphatic heterocycles. The van der Waals surface area contributed by atoms with Gasteiger partial charge in [-0.1, -0.05) is 25.5 Å². The van der Waals surface area contributed by atoms with E-state index < -0.39 is 11.9 Å². The largest absolute Gasteiger partial charge is 0.482 e. The summed E-state index contributed by atoms with van der Waals surface area (Å²) in [6.45, 7) is 1.72. The van der Waals surface area contributed by atoms with Crippen LogP contribution < -0.4 is 15.0 Å². The predicted octanol–water partition coefficient (Wildman–Crippen LogP) is 3.09. The zero-order valence-electron chi connectivity index (χ0n) is 15.6. The molecule has 2 amide bonds. The minimum absolute atomic E-state index is 0.0186. The zero-order valence-corrected chi connectivity index (χ0v) is 15.6. The number of aromatic carboxylic acids is 1. The van der Waals surface area contributed by atoms with Gasteiger partial charge in [0.1, 0.15) is 12.3 Å². The highest BCUT2D eigenvalue weighted by Gasteiger charge is 2.28. The maximum absolute atomic E-state index is 12.4. The number of nitrogens with zero attached hydrogens (tertiary/aromatic N) is 1. The quantitative estimate of drug-likeness (QED) is 0.767. The van der Waals surface area contributed by atoms with Gasteiger partial charge in [-0.2, -0.15) is 0 Å². The number of carboxylic acids is 1. The van der Waals surface area contributed by atoms with E-state index in [9.17, 15) is 14.4 Å². The lowest BCUT2D eigenvalue weighted by Gasteiger charge is -2.29. The average Bonchev–Trinajstić information content (AvgIpc) is 2.69. The van der Waals surface area contributed by atoms with E-state index >= 15 is 0 Å². The first-order chi connectivity index (χ1) is 13.5. The van der Waals surface area contributed by atoms with E-state index in [4.69, 9.17) is 9.84 Å². The second-order valence-electron chi connectivity index (χ2n) is 6.60. The third-order valence-corrected chi connectivity index (χ3v) is 4.51. The molecule has 0 saturated heterocycles. The van der Waals surface area contributed by atoms with Crippen LogP contribution >= 0.6 is 0 Å². The van der Waals surface area contributed by atoms with Crippen molar-refractivity contribution in [1.29, 1.82) is 0 Å². The fraction of sp³-hybridized carbons (Fsp3) is 0.286.